The third-order valence-corrected chi connectivity index (χ3v) is 5.59. The second-order valence-electron chi connectivity index (χ2n) is 5.26. The van der Waals surface area contributed by atoms with Gasteiger partial charge < -0.3 is 10.1 Å². The molecule has 0 aromatic heterocycles. The smallest absolute Gasteiger partial charge is 0.252 e. The molecule has 6 nitrogen and oxygen atoms in total. The largest absolute Gasteiger partial charge is 0.379 e. The first-order valence-corrected chi connectivity index (χ1v) is 8.51. The predicted molar refractivity (Wildman–Crippen MR) is 76.5 cm³/mol. The summed E-state index contributed by atoms with van der Waals surface area (Å²) < 4.78 is 32.0. The van der Waals surface area contributed by atoms with Crippen molar-refractivity contribution in [2.75, 3.05) is 26.3 Å². The summed E-state index contributed by atoms with van der Waals surface area (Å²) in [5.74, 6) is -0.315. The Kier molecular flexibility index (Phi) is 3.97. The van der Waals surface area contributed by atoms with Gasteiger partial charge in [0.2, 0.25) is 10.0 Å². The van der Waals surface area contributed by atoms with Crippen LogP contribution in [0, 0.1) is 0 Å². The van der Waals surface area contributed by atoms with E-state index in [0.29, 0.717) is 26.3 Å². The molecule has 1 N–H and O–H groups in total. The molecule has 1 aromatic rings. The molecule has 1 aromatic carbocycles. The maximum absolute atomic E-state index is 12.7. The number of amides is 1. The molecule has 1 aliphatic carbocycles. The molecule has 0 atom stereocenters. The van der Waals surface area contributed by atoms with Crippen LogP contribution in [0.2, 0.25) is 0 Å². The average Bonchev–Trinajstić information content (AvgIpc) is 3.32. The Labute approximate surface area is 124 Å². The van der Waals surface area contributed by atoms with Gasteiger partial charge in [0.1, 0.15) is 0 Å². The number of nitrogens with one attached hydrogen (secondary N) is 1. The molecule has 3 rings (SSSR count). The van der Waals surface area contributed by atoms with E-state index in [9.17, 15) is 13.2 Å². The summed E-state index contributed by atoms with van der Waals surface area (Å²) in [5, 5.41) is 2.84. The molecule has 2 aliphatic rings. The lowest BCUT2D eigenvalue weighted by Gasteiger charge is -2.26. The Morgan fingerprint density at radius 3 is 2.52 bits per heavy atom. The minimum absolute atomic E-state index is 0.0741. The molecule has 0 bridgehead atoms. The summed E-state index contributed by atoms with van der Waals surface area (Å²) >= 11 is 0. The van der Waals surface area contributed by atoms with Crippen molar-refractivity contribution < 1.29 is 17.9 Å². The zero-order chi connectivity index (χ0) is 14.9. The molecule has 1 amide bonds. The lowest BCUT2D eigenvalue weighted by atomic mass is 10.2. The molecule has 0 unspecified atom stereocenters. The number of hydrogen-bond acceptors (Lipinski definition) is 4. The fraction of sp³-hybridized carbons (Fsp3) is 0.500. The SMILES string of the molecule is O=C(NC1CC1)c1ccccc1S(=O)(=O)N1CCOCC1. The Balaban J connectivity index is 1.91. The van der Waals surface area contributed by atoms with E-state index in [2.05, 4.69) is 5.32 Å². The van der Waals surface area contributed by atoms with Gasteiger partial charge in [-0.25, -0.2) is 8.42 Å². The van der Waals surface area contributed by atoms with Crippen molar-refractivity contribution in [3.05, 3.63) is 29.8 Å². The molecule has 1 aliphatic heterocycles. The van der Waals surface area contributed by atoms with E-state index in [1.807, 2.05) is 0 Å². The van der Waals surface area contributed by atoms with Gasteiger partial charge in [-0.05, 0) is 25.0 Å². The van der Waals surface area contributed by atoms with Crippen molar-refractivity contribution in [2.24, 2.45) is 0 Å². The molecule has 1 saturated heterocycles. The molecule has 0 spiro atoms. The van der Waals surface area contributed by atoms with Crippen LogP contribution >= 0.6 is 0 Å². The van der Waals surface area contributed by atoms with Crippen molar-refractivity contribution in [1.82, 2.24) is 9.62 Å². The van der Waals surface area contributed by atoms with E-state index < -0.39 is 10.0 Å². The van der Waals surface area contributed by atoms with Crippen LogP contribution in [0.5, 0.6) is 0 Å². The fourth-order valence-corrected chi connectivity index (χ4v) is 3.89. The number of carbonyl (C=O) groups excluding carboxylic acids is 1. The van der Waals surface area contributed by atoms with Gasteiger partial charge >= 0.3 is 0 Å². The number of carbonyl (C=O) groups is 1. The van der Waals surface area contributed by atoms with E-state index in [1.165, 1.54) is 10.4 Å². The highest BCUT2D eigenvalue weighted by Crippen LogP contribution is 2.23. The van der Waals surface area contributed by atoms with Gasteiger partial charge in [-0.3, -0.25) is 4.79 Å². The van der Waals surface area contributed by atoms with Gasteiger partial charge in [-0.2, -0.15) is 4.31 Å². The zero-order valence-electron chi connectivity index (χ0n) is 11.6. The Hall–Kier alpha value is -1.44. The van der Waals surface area contributed by atoms with Crippen LogP contribution in [0.15, 0.2) is 29.2 Å². The quantitative estimate of drug-likeness (QED) is 0.883. The second-order valence-corrected chi connectivity index (χ2v) is 7.17. The van der Waals surface area contributed by atoms with Gasteiger partial charge in [0.05, 0.1) is 23.7 Å². The summed E-state index contributed by atoms with van der Waals surface area (Å²) in [7, 11) is -3.66. The molecular weight excluding hydrogens is 292 g/mol. The van der Waals surface area contributed by atoms with Gasteiger partial charge in [0.25, 0.3) is 5.91 Å². The van der Waals surface area contributed by atoms with Gasteiger partial charge in [-0.1, -0.05) is 12.1 Å². The lowest BCUT2D eigenvalue weighted by molar-refractivity contribution is 0.0730. The van der Waals surface area contributed by atoms with Crippen molar-refractivity contribution in [3.8, 4) is 0 Å². The van der Waals surface area contributed by atoms with Crippen molar-refractivity contribution in [3.63, 3.8) is 0 Å². The normalized spacial score (nSPS) is 20.2. The van der Waals surface area contributed by atoms with Crippen molar-refractivity contribution in [1.29, 1.82) is 0 Å². The highest BCUT2D eigenvalue weighted by Gasteiger charge is 2.31. The van der Waals surface area contributed by atoms with Gasteiger partial charge in [0, 0.05) is 19.1 Å². The molecule has 7 heteroatoms. The maximum atomic E-state index is 12.7. The first kappa shape index (κ1) is 14.5. The third-order valence-electron chi connectivity index (χ3n) is 3.63. The highest BCUT2D eigenvalue weighted by molar-refractivity contribution is 7.89. The number of ether oxygens (including phenoxy) is 1. The number of benzene rings is 1. The van der Waals surface area contributed by atoms with Gasteiger partial charge in [0.15, 0.2) is 0 Å². The van der Waals surface area contributed by atoms with Crippen LogP contribution in [0.3, 0.4) is 0 Å². The van der Waals surface area contributed by atoms with Gasteiger partial charge in [-0.15, -0.1) is 0 Å². The monoisotopic (exact) mass is 310 g/mol. The Bertz CT molecular complexity index is 634. The number of rotatable bonds is 4. The Morgan fingerprint density at radius 2 is 1.86 bits per heavy atom. The summed E-state index contributed by atoms with van der Waals surface area (Å²) in [6, 6.07) is 6.57. The van der Waals surface area contributed by atoms with Crippen LogP contribution in [-0.4, -0.2) is 51.0 Å². The minimum atomic E-state index is -3.66. The number of nitrogens with zero attached hydrogens (tertiary/aromatic N) is 1. The van der Waals surface area contributed by atoms with Crippen molar-refractivity contribution >= 4 is 15.9 Å². The van der Waals surface area contributed by atoms with E-state index >= 15 is 0 Å². The van der Waals surface area contributed by atoms with E-state index in [1.54, 1.807) is 18.2 Å². The first-order chi connectivity index (χ1) is 10.1. The maximum Gasteiger partial charge on any atom is 0.252 e. The summed E-state index contributed by atoms with van der Waals surface area (Å²) in [6.07, 6.45) is 1.92. The number of hydrogen-bond donors (Lipinski definition) is 1. The van der Waals surface area contributed by atoms with Crippen LogP contribution in [0.25, 0.3) is 0 Å². The highest BCUT2D eigenvalue weighted by atomic mass is 32.2. The van der Waals surface area contributed by atoms with E-state index in [4.69, 9.17) is 4.74 Å². The number of sulfonamides is 1. The van der Waals surface area contributed by atoms with Crippen molar-refractivity contribution in [2.45, 2.75) is 23.8 Å². The molecule has 0 radical (unpaired) electrons. The standard InChI is InChI=1S/C14H18N2O4S/c17-14(15-11-5-6-11)12-3-1-2-4-13(12)21(18,19)16-7-9-20-10-8-16/h1-4,11H,5-10H2,(H,15,17). The summed E-state index contributed by atoms with van der Waals surface area (Å²) in [4.78, 5) is 12.3. The van der Waals surface area contributed by atoms with Crippen LogP contribution in [-0.2, 0) is 14.8 Å². The van der Waals surface area contributed by atoms with E-state index in [-0.39, 0.29) is 22.4 Å². The second kappa shape index (κ2) is 5.75. The van der Waals surface area contributed by atoms with Crippen LogP contribution in [0.1, 0.15) is 23.2 Å². The number of morpholine rings is 1. The summed E-state index contributed by atoms with van der Waals surface area (Å²) in [6.45, 7) is 1.41. The van der Waals surface area contributed by atoms with E-state index in [0.717, 1.165) is 12.8 Å². The topological polar surface area (TPSA) is 75.7 Å². The molecule has 114 valence electrons. The zero-order valence-corrected chi connectivity index (χ0v) is 12.4. The molecule has 21 heavy (non-hydrogen) atoms. The molecule has 1 saturated carbocycles. The average molecular weight is 310 g/mol. The summed E-state index contributed by atoms with van der Waals surface area (Å²) in [5.41, 5.74) is 0.218. The predicted octanol–water partition coefficient (Wildman–Crippen LogP) is 0.600. The lowest BCUT2D eigenvalue weighted by Crippen LogP contribution is -2.41. The first-order valence-electron chi connectivity index (χ1n) is 7.07. The minimum Gasteiger partial charge on any atom is -0.379 e. The third kappa shape index (κ3) is 3.09. The van der Waals surface area contributed by atoms with Crippen LogP contribution in [0.4, 0.5) is 0 Å². The molecule has 1 heterocycles. The molecular formula is C14H18N2O4S. The fourth-order valence-electron chi connectivity index (χ4n) is 2.30. The molecule has 2 fully saturated rings. The Morgan fingerprint density at radius 1 is 1.19 bits per heavy atom. The van der Waals surface area contributed by atoms with Crippen LogP contribution < -0.4 is 5.32 Å².